The van der Waals surface area contributed by atoms with Crippen LogP contribution in [0.1, 0.15) is 32.1 Å². The Bertz CT molecular complexity index is 386. The first-order valence-electron chi connectivity index (χ1n) is 7.34. The van der Waals surface area contributed by atoms with Crippen molar-refractivity contribution in [3.63, 3.8) is 0 Å². The fraction of sp³-hybridized carbons (Fsp3) is 0.750. The minimum atomic E-state index is -1.33. The highest BCUT2D eigenvalue weighted by atomic mass is 28.3. The van der Waals surface area contributed by atoms with Crippen molar-refractivity contribution in [2.45, 2.75) is 64.1 Å². The lowest BCUT2D eigenvalue weighted by Crippen LogP contribution is -2.22. The van der Waals surface area contributed by atoms with Crippen molar-refractivity contribution in [3.8, 4) is 23.3 Å². The summed E-state index contributed by atoms with van der Waals surface area (Å²) in [6.07, 6.45) is 3.64. The van der Waals surface area contributed by atoms with E-state index in [0.29, 0.717) is 19.4 Å². The fourth-order valence-electron chi connectivity index (χ4n) is 1.72. The van der Waals surface area contributed by atoms with Crippen LogP contribution in [0.3, 0.4) is 0 Å². The standard InChI is InChI=1S/C16H26O3Si/c1-20(2,3)14-8-10-15(17)9-4-6-12-18-16-11-5-7-13-19-16/h15-17H,5,7,9-13H2,1-3H3/t15-,16?/m0/s1. The van der Waals surface area contributed by atoms with Crippen LogP contribution in [-0.4, -0.2) is 38.8 Å². The third-order valence-corrected chi connectivity index (χ3v) is 3.67. The maximum absolute atomic E-state index is 9.74. The Morgan fingerprint density at radius 2 is 1.95 bits per heavy atom. The van der Waals surface area contributed by atoms with E-state index in [0.717, 1.165) is 25.9 Å². The molecular formula is C16H26O3Si. The van der Waals surface area contributed by atoms with Crippen LogP contribution in [0, 0.1) is 23.3 Å². The van der Waals surface area contributed by atoms with Crippen LogP contribution in [0.4, 0.5) is 0 Å². The van der Waals surface area contributed by atoms with Gasteiger partial charge in [-0.25, -0.2) is 0 Å². The SMILES string of the molecule is C[Si](C)(C)C#CC[C@@H](O)CC#CCOC1CCCCO1. The van der Waals surface area contributed by atoms with Crippen LogP contribution in [0.2, 0.25) is 19.6 Å². The van der Waals surface area contributed by atoms with E-state index in [1.807, 2.05) is 0 Å². The first-order chi connectivity index (χ1) is 9.47. The molecule has 0 aliphatic carbocycles. The molecule has 112 valence electrons. The molecule has 1 fully saturated rings. The smallest absolute Gasteiger partial charge is 0.158 e. The van der Waals surface area contributed by atoms with Crippen molar-refractivity contribution < 1.29 is 14.6 Å². The topological polar surface area (TPSA) is 38.7 Å². The molecule has 1 rings (SSSR count). The average Bonchev–Trinajstić information content (AvgIpc) is 2.38. The molecule has 0 aromatic rings. The van der Waals surface area contributed by atoms with Gasteiger partial charge < -0.3 is 14.6 Å². The second-order valence-corrected chi connectivity index (χ2v) is 10.8. The molecule has 0 bridgehead atoms. The lowest BCUT2D eigenvalue weighted by molar-refractivity contribution is -0.154. The van der Waals surface area contributed by atoms with Gasteiger partial charge >= 0.3 is 0 Å². The zero-order valence-electron chi connectivity index (χ0n) is 12.9. The van der Waals surface area contributed by atoms with Gasteiger partial charge in [-0.15, -0.1) is 11.5 Å². The summed E-state index contributed by atoms with van der Waals surface area (Å²) in [4.78, 5) is 0. The third kappa shape index (κ3) is 9.17. The number of hydrogen-bond donors (Lipinski definition) is 1. The maximum Gasteiger partial charge on any atom is 0.158 e. The summed E-state index contributed by atoms with van der Waals surface area (Å²) in [7, 11) is -1.33. The van der Waals surface area contributed by atoms with Gasteiger partial charge in [0.1, 0.15) is 14.7 Å². The maximum atomic E-state index is 9.74. The largest absolute Gasteiger partial charge is 0.391 e. The number of rotatable bonds is 4. The van der Waals surface area contributed by atoms with Crippen molar-refractivity contribution >= 4 is 8.07 Å². The summed E-state index contributed by atoms with van der Waals surface area (Å²) >= 11 is 0. The van der Waals surface area contributed by atoms with E-state index in [2.05, 4.69) is 42.9 Å². The molecule has 0 spiro atoms. The van der Waals surface area contributed by atoms with Crippen LogP contribution in [0.25, 0.3) is 0 Å². The number of aliphatic hydroxyl groups is 1. The summed E-state index contributed by atoms with van der Waals surface area (Å²) in [5, 5.41) is 9.74. The first kappa shape index (κ1) is 17.3. The summed E-state index contributed by atoms with van der Waals surface area (Å²) < 4.78 is 10.9. The summed E-state index contributed by atoms with van der Waals surface area (Å²) in [5.74, 6) is 8.91. The zero-order chi connectivity index (χ0) is 14.8. The van der Waals surface area contributed by atoms with Crippen molar-refractivity contribution in [1.82, 2.24) is 0 Å². The molecule has 20 heavy (non-hydrogen) atoms. The Labute approximate surface area is 124 Å². The molecule has 0 amide bonds. The zero-order valence-corrected chi connectivity index (χ0v) is 13.9. The van der Waals surface area contributed by atoms with E-state index in [4.69, 9.17) is 9.47 Å². The highest BCUT2D eigenvalue weighted by molar-refractivity contribution is 6.83. The van der Waals surface area contributed by atoms with Crippen LogP contribution >= 0.6 is 0 Å². The molecule has 0 saturated carbocycles. The minimum absolute atomic E-state index is 0.0921. The van der Waals surface area contributed by atoms with Gasteiger partial charge in [0, 0.05) is 19.4 Å². The fourth-order valence-corrected chi connectivity index (χ4v) is 2.36. The molecule has 1 heterocycles. The summed E-state index contributed by atoms with van der Waals surface area (Å²) in [6.45, 7) is 7.73. The van der Waals surface area contributed by atoms with Gasteiger partial charge in [-0.05, 0) is 19.3 Å². The average molecular weight is 294 g/mol. The second kappa shape index (κ2) is 9.21. The molecule has 1 aliphatic heterocycles. The van der Waals surface area contributed by atoms with Crippen molar-refractivity contribution in [2.75, 3.05) is 13.2 Å². The van der Waals surface area contributed by atoms with Gasteiger partial charge in [0.15, 0.2) is 6.29 Å². The van der Waals surface area contributed by atoms with Gasteiger partial charge in [-0.3, -0.25) is 0 Å². The van der Waals surface area contributed by atoms with Gasteiger partial charge in [0.25, 0.3) is 0 Å². The lowest BCUT2D eigenvalue weighted by atomic mass is 10.2. The summed E-state index contributed by atoms with van der Waals surface area (Å²) in [6, 6.07) is 0. The molecule has 0 radical (unpaired) electrons. The quantitative estimate of drug-likeness (QED) is 0.640. The molecule has 1 N–H and O–H groups in total. The van der Waals surface area contributed by atoms with E-state index >= 15 is 0 Å². The first-order valence-corrected chi connectivity index (χ1v) is 10.8. The Balaban J connectivity index is 2.12. The van der Waals surface area contributed by atoms with E-state index < -0.39 is 14.2 Å². The lowest BCUT2D eigenvalue weighted by Gasteiger charge is -2.21. The van der Waals surface area contributed by atoms with E-state index in [1.54, 1.807) is 0 Å². The summed E-state index contributed by atoms with van der Waals surface area (Å²) in [5.41, 5.74) is 3.24. The van der Waals surface area contributed by atoms with Gasteiger partial charge in [0.05, 0.1) is 6.10 Å². The van der Waals surface area contributed by atoms with Crippen molar-refractivity contribution in [3.05, 3.63) is 0 Å². The molecule has 2 atom stereocenters. The van der Waals surface area contributed by atoms with Gasteiger partial charge in [-0.1, -0.05) is 31.5 Å². The highest BCUT2D eigenvalue weighted by Gasteiger charge is 2.12. The van der Waals surface area contributed by atoms with E-state index in [-0.39, 0.29) is 6.29 Å². The molecule has 3 nitrogen and oxygen atoms in total. The molecule has 1 unspecified atom stereocenters. The van der Waals surface area contributed by atoms with Crippen molar-refractivity contribution in [1.29, 1.82) is 0 Å². The second-order valence-electron chi connectivity index (χ2n) is 6.07. The number of ether oxygens (including phenoxy) is 2. The predicted octanol–water partition coefficient (Wildman–Crippen LogP) is 2.55. The van der Waals surface area contributed by atoms with Crippen LogP contribution in [0.5, 0.6) is 0 Å². The third-order valence-electron chi connectivity index (χ3n) is 2.74. The monoisotopic (exact) mass is 294 g/mol. The van der Waals surface area contributed by atoms with E-state index in [1.165, 1.54) is 0 Å². The normalized spacial score (nSPS) is 20.3. The Hall–Kier alpha value is -0.783. The Kier molecular flexibility index (Phi) is 7.95. The van der Waals surface area contributed by atoms with Gasteiger partial charge in [0.2, 0.25) is 0 Å². The van der Waals surface area contributed by atoms with Crippen LogP contribution in [0.15, 0.2) is 0 Å². The molecule has 1 saturated heterocycles. The number of hydrogen-bond acceptors (Lipinski definition) is 3. The molecule has 0 aromatic heterocycles. The van der Waals surface area contributed by atoms with E-state index in [9.17, 15) is 5.11 Å². The van der Waals surface area contributed by atoms with Crippen molar-refractivity contribution in [2.24, 2.45) is 0 Å². The highest BCUT2D eigenvalue weighted by Crippen LogP contribution is 2.13. The Morgan fingerprint density at radius 1 is 1.20 bits per heavy atom. The van der Waals surface area contributed by atoms with Crippen LogP contribution in [-0.2, 0) is 9.47 Å². The van der Waals surface area contributed by atoms with Gasteiger partial charge in [-0.2, -0.15) is 0 Å². The predicted molar refractivity (Wildman–Crippen MR) is 83.7 cm³/mol. The minimum Gasteiger partial charge on any atom is -0.391 e. The molecule has 0 aromatic carbocycles. The molecule has 1 aliphatic rings. The Morgan fingerprint density at radius 3 is 2.60 bits per heavy atom. The number of aliphatic hydroxyl groups excluding tert-OH is 1. The van der Waals surface area contributed by atoms with Crippen LogP contribution < -0.4 is 0 Å². The molecule has 4 heteroatoms. The molecular weight excluding hydrogens is 268 g/mol.